The summed E-state index contributed by atoms with van der Waals surface area (Å²) < 4.78 is 10.6. The predicted molar refractivity (Wildman–Crippen MR) is 86.7 cm³/mol. The van der Waals surface area contributed by atoms with Crippen molar-refractivity contribution in [1.82, 2.24) is 10.1 Å². The van der Waals surface area contributed by atoms with Crippen molar-refractivity contribution < 1.29 is 14.1 Å². The molecule has 0 bridgehead atoms. The second kappa shape index (κ2) is 7.12. The molecule has 1 aromatic carbocycles. The molecule has 2 aromatic rings. The lowest BCUT2D eigenvalue weighted by molar-refractivity contribution is 0.0305. The first-order valence-electron chi connectivity index (χ1n) is 7.45. The van der Waals surface area contributed by atoms with E-state index in [4.69, 9.17) is 20.9 Å². The van der Waals surface area contributed by atoms with Gasteiger partial charge in [0, 0.05) is 29.9 Å². The molecule has 0 radical (unpaired) electrons. The van der Waals surface area contributed by atoms with Gasteiger partial charge in [-0.3, -0.25) is 9.69 Å². The van der Waals surface area contributed by atoms with Crippen molar-refractivity contribution in [2.24, 2.45) is 0 Å². The third-order valence-corrected chi connectivity index (χ3v) is 3.95. The zero-order chi connectivity index (χ0) is 16.2. The van der Waals surface area contributed by atoms with Crippen molar-refractivity contribution in [1.29, 1.82) is 0 Å². The molecule has 1 aliphatic rings. The summed E-state index contributed by atoms with van der Waals surface area (Å²) in [7, 11) is 0. The van der Waals surface area contributed by atoms with Crippen LogP contribution in [0.5, 0.6) is 0 Å². The van der Waals surface area contributed by atoms with Gasteiger partial charge in [-0.25, -0.2) is 0 Å². The first-order chi connectivity index (χ1) is 11.1. The normalized spacial score (nSPS) is 15.6. The number of hydrogen-bond acceptors (Lipinski definition) is 5. The highest BCUT2D eigenvalue weighted by Gasteiger charge is 2.17. The molecular weight excluding hydrogens is 318 g/mol. The molecule has 7 heteroatoms. The quantitative estimate of drug-likeness (QED) is 0.930. The minimum atomic E-state index is -0.299. The molecule has 2 heterocycles. The van der Waals surface area contributed by atoms with Crippen LogP contribution in [0.4, 0.5) is 5.69 Å². The van der Waals surface area contributed by atoms with Gasteiger partial charge in [0.2, 0.25) is 0 Å². The van der Waals surface area contributed by atoms with Gasteiger partial charge in [-0.2, -0.15) is 0 Å². The molecule has 6 nitrogen and oxygen atoms in total. The predicted octanol–water partition coefficient (Wildman–Crippen LogP) is 2.72. The summed E-state index contributed by atoms with van der Waals surface area (Å²) in [5.41, 5.74) is 1.86. The van der Waals surface area contributed by atoms with Gasteiger partial charge in [0.05, 0.1) is 19.8 Å². The van der Waals surface area contributed by atoms with Gasteiger partial charge in [-0.05, 0) is 30.7 Å². The van der Waals surface area contributed by atoms with Crippen LogP contribution in [-0.2, 0) is 11.3 Å². The number of nitrogens with zero attached hydrogens (tertiary/aromatic N) is 2. The molecule has 1 N–H and O–H groups in total. The van der Waals surface area contributed by atoms with Gasteiger partial charge in [0.25, 0.3) is 5.91 Å². The van der Waals surface area contributed by atoms with Crippen LogP contribution in [0, 0.1) is 6.92 Å². The first-order valence-corrected chi connectivity index (χ1v) is 7.83. The average molecular weight is 336 g/mol. The van der Waals surface area contributed by atoms with Gasteiger partial charge in [-0.15, -0.1) is 0 Å². The number of halogens is 1. The molecule has 1 aliphatic heterocycles. The molecule has 1 fully saturated rings. The number of benzene rings is 1. The Bertz CT molecular complexity index is 696. The Labute approximate surface area is 139 Å². The molecular formula is C16H18ClN3O3. The minimum absolute atomic E-state index is 0.266. The van der Waals surface area contributed by atoms with E-state index in [2.05, 4.69) is 15.4 Å². The lowest BCUT2D eigenvalue weighted by atomic mass is 10.2. The molecule has 0 spiro atoms. The van der Waals surface area contributed by atoms with Crippen molar-refractivity contribution in [3.8, 4) is 0 Å². The molecule has 0 unspecified atom stereocenters. The molecule has 122 valence electrons. The molecule has 1 saturated heterocycles. The minimum Gasteiger partial charge on any atom is -0.379 e. The average Bonchev–Trinajstić information content (AvgIpc) is 3.00. The number of hydrogen-bond donors (Lipinski definition) is 1. The van der Waals surface area contributed by atoms with E-state index >= 15 is 0 Å². The smallest absolute Gasteiger partial charge is 0.277 e. The maximum absolute atomic E-state index is 12.3. The molecule has 0 atom stereocenters. The fraction of sp³-hybridized carbons (Fsp3) is 0.375. The molecule has 0 saturated carbocycles. The second-order valence-electron chi connectivity index (χ2n) is 5.48. The standard InChI is InChI=1S/C16H18ClN3O3/c1-11-8-12(17)2-3-14(11)18-16(21)15-9-13(23-19-15)10-20-4-6-22-7-5-20/h2-3,8-9H,4-7,10H2,1H3,(H,18,21). The summed E-state index contributed by atoms with van der Waals surface area (Å²) in [6, 6.07) is 6.97. The SMILES string of the molecule is Cc1cc(Cl)ccc1NC(=O)c1cc(CN2CCOCC2)on1. The lowest BCUT2D eigenvalue weighted by Gasteiger charge is -2.25. The Balaban J connectivity index is 1.63. The highest BCUT2D eigenvalue weighted by Crippen LogP contribution is 2.20. The molecule has 23 heavy (non-hydrogen) atoms. The maximum atomic E-state index is 12.3. The van der Waals surface area contributed by atoms with E-state index in [9.17, 15) is 4.79 Å². The summed E-state index contributed by atoms with van der Waals surface area (Å²) in [5.74, 6) is 0.372. The van der Waals surface area contributed by atoms with Gasteiger partial charge < -0.3 is 14.6 Å². The van der Waals surface area contributed by atoms with Gasteiger partial charge in [0.15, 0.2) is 11.5 Å². The number of anilines is 1. The molecule has 0 aliphatic carbocycles. The number of ether oxygens (including phenoxy) is 1. The second-order valence-corrected chi connectivity index (χ2v) is 5.92. The van der Waals surface area contributed by atoms with Crippen LogP contribution >= 0.6 is 11.6 Å². The Morgan fingerprint density at radius 3 is 2.87 bits per heavy atom. The van der Waals surface area contributed by atoms with Crippen molar-refractivity contribution in [2.45, 2.75) is 13.5 Å². The van der Waals surface area contributed by atoms with Crippen molar-refractivity contribution in [3.63, 3.8) is 0 Å². The van der Waals surface area contributed by atoms with Crippen molar-refractivity contribution in [2.75, 3.05) is 31.6 Å². The van der Waals surface area contributed by atoms with E-state index < -0.39 is 0 Å². The van der Waals surface area contributed by atoms with E-state index in [0.29, 0.717) is 23.0 Å². The van der Waals surface area contributed by atoms with Crippen LogP contribution in [0.1, 0.15) is 21.8 Å². The van der Waals surface area contributed by atoms with Crippen LogP contribution < -0.4 is 5.32 Å². The van der Waals surface area contributed by atoms with Crippen LogP contribution in [-0.4, -0.2) is 42.3 Å². The summed E-state index contributed by atoms with van der Waals surface area (Å²) in [6.07, 6.45) is 0. The summed E-state index contributed by atoms with van der Waals surface area (Å²) >= 11 is 5.91. The fourth-order valence-electron chi connectivity index (χ4n) is 2.43. The third kappa shape index (κ3) is 4.10. The number of nitrogens with one attached hydrogen (secondary N) is 1. The van der Waals surface area contributed by atoms with Crippen LogP contribution in [0.25, 0.3) is 0 Å². The fourth-order valence-corrected chi connectivity index (χ4v) is 2.65. The number of aryl methyl sites for hydroxylation is 1. The zero-order valence-corrected chi connectivity index (χ0v) is 13.6. The number of carbonyl (C=O) groups excluding carboxylic acids is 1. The van der Waals surface area contributed by atoms with E-state index in [1.165, 1.54) is 0 Å². The number of rotatable bonds is 4. The maximum Gasteiger partial charge on any atom is 0.277 e. The first kappa shape index (κ1) is 16.0. The number of amides is 1. The molecule has 3 rings (SSSR count). The Kier molecular flexibility index (Phi) is 4.95. The zero-order valence-electron chi connectivity index (χ0n) is 12.8. The summed E-state index contributed by atoms with van der Waals surface area (Å²) in [6.45, 7) is 5.66. The summed E-state index contributed by atoms with van der Waals surface area (Å²) in [4.78, 5) is 14.5. The number of morpholine rings is 1. The van der Waals surface area contributed by atoms with E-state index in [1.807, 2.05) is 6.92 Å². The summed E-state index contributed by atoms with van der Waals surface area (Å²) in [5, 5.41) is 7.30. The topological polar surface area (TPSA) is 67.6 Å². The van der Waals surface area contributed by atoms with E-state index in [0.717, 1.165) is 31.9 Å². The van der Waals surface area contributed by atoms with Crippen LogP contribution in [0.2, 0.25) is 5.02 Å². The van der Waals surface area contributed by atoms with Crippen LogP contribution in [0.15, 0.2) is 28.8 Å². The Morgan fingerprint density at radius 1 is 1.35 bits per heavy atom. The van der Waals surface area contributed by atoms with Gasteiger partial charge in [0.1, 0.15) is 0 Å². The van der Waals surface area contributed by atoms with Gasteiger partial charge in [-0.1, -0.05) is 16.8 Å². The van der Waals surface area contributed by atoms with E-state index in [1.54, 1.807) is 24.3 Å². The third-order valence-electron chi connectivity index (χ3n) is 3.71. The van der Waals surface area contributed by atoms with Crippen molar-refractivity contribution >= 4 is 23.2 Å². The monoisotopic (exact) mass is 335 g/mol. The van der Waals surface area contributed by atoms with Gasteiger partial charge >= 0.3 is 0 Å². The number of carbonyl (C=O) groups is 1. The van der Waals surface area contributed by atoms with E-state index in [-0.39, 0.29) is 11.6 Å². The molecule has 1 amide bonds. The van der Waals surface area contributed by atoms with Crippen molar-refractivity contribution in [3.05, 3.63) is 46.3 Å². The lowest BCUT2D eigenvalue weighted by Crippen LogP contribution is -2.35. The highest BCUT2D eigenvalue weighted by atomic mass is 35.5. The number of aromatic nitrogens is 1. The Hall–Kier alpha value is -1.89. The van der Waals surface area contributed by atoms with Crippen LogP contribution in [0.3, 0.4) is 0 Å². The molecule has 1 aromatic heterocycles. The largest absolute Gasteiger partial charge is 0.379 e. The Morgan fingerprint density at radius 2 is 2.13 bits per heavy atom. The highest BCUT2D eigenvalue weighted by molar-refractivity contribution is 6.30.